The van der Waals surface area contributed by atoms with Gasteiger partial charge in [0.25, 0.3) is 0 Å². The lowest BCUT2D eigenvalue weighted by atomic mass is 10.0. The van der Waals surface area contributed by atoms with Crippen LogP contribution in [0, 0.1) is 0 Å². The van der Waals surface area contributed by atoms with E-state index >= 15 is 0 Å². The molecule has 2 fully saturated rings. The van der Waals surface area contributed by atoms with Crippen molar-refractivity contribution in [1.82, 2.24) is 34.6 Å². The molecule has 1 amide bonds. The maximum absolute atomic E-state index is 14.2. The Morgan fingerprint density at radius 2 is 1.10 bits per heavy atom. The maximum atomic E-state index is 14.2. The van der Waals surface area contributed by atoms with E-state index in [-0.39, 0.29) is 37.5 Å². The predicted octanol–water partition coefficient (Wildman–Crippen LogP) is 11.3. The smallest absolute Gasteiger partial charge is 0.222 e. The summed E-state index contributed by atoms with van der Waals surface area (Å²) in [6, 6.07) is 49.2. The van der Waals surface area contributed by atoms with Gasteiger partial charge in [0.15, 0.2) is 5.79 Å². The zero-order valence-corrected chi connectivity index (χ0v) is 45.2. The normalized spacial score (nSPS) is 17.3. The summed E-state index contributed by atoms with van der Waals surface area (Å²) < 4.78 is 25.0. The number of ether oxygens (including phenoxy) is 4. The zero-order valence-electron chi connectivity index (χ0n) is 45.2. The molecular weight excluding hydrogens is 993 g/mol. The first-order valence-electron chi connectivity index (χ1n) is 27.4. The molecule has 7 aromatic rings. The molecule has 2 saturated heterocycles. The van der Waals surface area contributed by atoms with Gasteiger partial charge in [-0.3, -0.25) is 39.3 Å². The molecule has 16 heteroatoms. The molecule has 9 rings (SSSR count). The molecule has 16 nitrogen and oxygen atoms in total. The van der Waals surface area contributed by atoms with E-state index in [0.717, 1.165) is 56.3 Å². The van der Waals surface area contributed by atoms with Crippen molar-refractivity contribution in [3.05, 3.63) is 220 Å². The van der Waals surface area contributed by atoms with E-state index in [1.165, 1.54) is 0 Å². The van der Waals surface area contributed by atoms with Crippen LogP contribution in [0.2, 0.25) is 0 Å². The van der Waals surface area contributed by atoms with Crippen molar-refractivity contribution in [2.24, 2.45) is 5.11 Å². The number of unbranched alkanes of at least 4 members (excludes halogenated alkanes) is 1. The van der Waals surface area contributed by atoms with Crippen molar-refractivity contribution in [2.45, 2.75) is 128 Å². The second-order valence-electron chi connectivity index (χ2n) is 20.8. The number of aromatic nitrogens is 4. The van der Waals surface area contributed by atoms with Crippen molar-refractivity contribution in [3.8, 4) is 16.9 Å². The fraction of sp³-hybridized carbons (Fsp3) is 0.365. The largest absolute Gasteiger partial charge is 0.494 e. The lowest BCUT2D eigenvalue weighted by Gasteiger charge is -2.25. The summed E-state index contributed by atoms with van der Waals surface area (Å²) in [4.78, 5) is 55.8. The van der Waals surface area contributed by atoms with Gasteiger partial charge in [-0.05, 0) is 127 Å². The van der Waals surface area contributed by atoms with E-state index in [9.17, 15) is 9.59 Å². The topological polar surface area (TPSA) is 181 Å². The third kappa shape index (κ3) is 17.2. The molecule has 0 unspecified atom stereocenters. The summed E-state index contributed by atoms with van der Waals surface area (Å²) in [5.74, 6) is -0.107. The van der Waals surface area contributed by atoms with Gasteiger partial charge in [0.1, 0.15) is 23.7 Å². The summed E-state index contributed by atoms with van der Waals surface area (Å²) in [5.41, 5.74) is 18.3. The Morgan fingerprint density at radius 3 is 1.62 bits per heavy atom. The highest BCUT2D eigenvalue weighted by Crippen LogP contribution is 2.40. The Kier molecular flexibility index (Phi) is 20.1. The second kappa shape index (κ2) is 28.3. The minimum absolute atomic E-state index is 0.0130. The molecule has 0 N–H and O–H groups in total. The highest BCUT2D eigenvalue weighted by molar-refractivity contribution is 5.81. The number of hydrogen-bond donors (Lipinski definition) is 0. The van der Waals surface area contributed by atoms with Crippen LogP contribution in [-0.2, 0) is 69.6 Å². The van der Waals surface area contributed by atoms with Gasteiger partial charge in [0, 0.05) is 101 Å². The first-order chi connectivity index (χ1) is 38.6. The van der Waals surface area contributed by atoms with E-state index in [4.69, 9.17) is 24.5 Å². The molecule has 4 atom stereocenters. The van der Waals surface area contributed by atoms with E-state index in [1.807, 2.05) is 110 Å². The van der Waals surface area contributed by atoms with Crippen LogP contribution < -0.4 is 4.74 Å². The molecule has 0 bridgehead atoms. The second-order valence-corrected chi connectivity index (χ2v) is 20.8. The van der Waals surface area contributed by atoms with Crippen LogP contribution >= 0.6 is 0 Å². The summed E-state index contributed by atoms with van der Waals surface area (Å²) in [7, 11) is 0. The monoisotopic (exact) mass is 1060 g/mol. The lowest BCUT2D eigenvalue weighted by molar-refractivity contribution is -0.186. The SMILES string of the molecule is CC1(C)O[C@@H]2[C@H](O1)[C@@H](CN=[N+]=[N-])O[C@@H]2CC(=O)CCCC(=O)N(CCCCOc1cc(CN(Cc2ccccn2)Cc2ccccn2)cc(CN(Cc2ccccn2)Cc2ccccn2)c1)Cc1ccc(-c2ccccc2)cc1. The lowest BCUT2D eigenvalue weighted by Crippen LogP contribution is -2.32. The Morgan fingerprint density at radius 1 is 0.582 bits per heavy atom. The van der Waals surface area contributed by atoms with Gasteiger partial charge in [0.2, 0.25) is 5.91 Å². The molecule has 0 saturated carbocycles. The number of fused-ring (bicyclic) bond motifs is 1. The summed E-state index contributed by atoms with van der Waals surface area (Å²) in [6.07, 6.45) is 7.77. The minimum atomic E-state index is -0.845. The molecule has 0 aliphatic carbocycles. The van der Waals surface area contributed by atoms with Gasteiger partial charge >= 0.3 is 0 Å². The van der Waals surface area contributed by atoms with Gasteiger partial charge in [-0.25, -0.2) is 0 Å². The molecule has 4 aromatic heterocycles. The van der Waals surface area contributed by atoms with Crippen molar-refractivity contribution in [2.75, 3.05) is 19.7 Å². The molecule has 0 spiro atoms. The quantitative estimate of drug-likeness (QED) is 0.0188. The standard InChI is InChI=1S/C63H70N10O6/c1-63(2)78-61-58(77-59(39-69-70-64)62(61)79-63)38-56(74)23-16-24-60(75)73(42-47-25-27-51(28-26-47)50-17-4-3-5-18-50)33-14-15-34-76-57-36-48(40-71(43-52-19-6-10-29-65-52)44-53-20-7-11-30-66-53)35-49(37-57)41-72(45-54-21-8-12-31-67-54)46-55-22-9-13-32-68-55/h3-13,17-22,25-32,35-37,58-59,61-62H,14-16,23-24,33-34,38-46H2,1-2H3/t58-,59-,61+,62-/m1/s1. The number of hydrogen-bond acceptors (Lipinski definition) is 13. The molecule has 6 heterocycles. The van der Waals surface area contributed by atoms with Crippen molar-refractivity contribution in [3.63, 3.8) is 0 Å². The Balaban J connectivity index is 0.876. The van der Waals surface area contributed by atoms with Gasteiger partial charge in [-0.15, -0.1) is 0 Å². The zero-order chi connectivity index (χ0) is 54.7. The number of carbonyl (C=O) groups excluding carboxylic acids is 2. The summed E-state index contributed by atoms with van der Waals surface area (Å²) >= 11 is 0. The Hall–Kier alpha value is -7.69. The number of ketones is 1. The van der Waals surface area contributed by atoms with E-state index < -0.39 is 30.2 Å². The Labute approximate surface area is 463 Å². The van der Waals surface area contributed by atoms with Crippen LogP contribution in [0.3, 0.4) is 0 Å². The number of azide groups is 1. The fourth-order valence-corrected chi connectivity index (χ4v) is 10.4. The van der Waals surface area contributed by atoms with E-state index in [1.54, 1.807) is 0 Å². The molecule has 79 heavy (non-hydrogen) atoms. The number of pyridine rings is 4. The molecule has 2 aliphatic heterocycles. The minimum Gasteiger partial charge on any atom is -0.494 e. The van der Waals surface area contributed by atoms with Gasteiger partial charge in [-0.1, -0.05) is 90.0 Å². The number of amides is 1. The summed E-state index contributed by atoms with van der Waals surface area (Å²) in [6.45, 7) is 8.93. The van der Waals surface area contributed by atoms with Crippen LogP contribution in [0.4, 0.5) is 0 Å². The summed E-state index contributed by atoms with van der Waals surface area (Å²) in [5, 5.41) is 3.70. The average Bonchev–Trinajstić information content (AvgIpc) is 4.12. The van der Waals surface area contributed by atoms with Crippen molar-refractivity contribution in [1.29, 1.82) is 0 Å². The molecule has 2 aliphatic rings. The number of rotatable bonds is 29. The molecular formula is C63H70N10O6. The number of benzene rings is 3. The van der Waals surface area contributed by atoms with Crippen LogP contribution in [0.5, 0.6) is 5.75 Å². The number of carbonyl (C=O) groups is 2. The predicted molar refractivity (Wildman–Crippen MR) is 301 cm³/mol. The third-order valence-corrected chi connectivity index (χ3v) is 14.0. The van der Waals surface area contributed by atoms with E-state index in [2.05, 4.69) is 119 Å². The number of nitrogens with zero attached hydrogens (tertiary/aromatic N) is 10. The molecule has 0 radical (unpaired) electrons. The van der Waals surface area contributed by atoms with Gasteiger partial charge in [0.05, 0.1) is 48.1 Å². The van der Waals surface area contributed by atoms with Gasteiger partial charge < -0.3 is 23.8 Å². The number of Topliss-reactive ketones (excluding diaryl/α,β-unsaturated/α-hetero) is 1. The maximum Gasteiger partial charge on any atom is 0.222 e. The fourth-order valence-electron chi connectivity index (χ4n) is 10.4. The molecule has 3 aromatic carbocycles. The van der Waals surface area contributed by atoms with Crippen LogP contribution in [0.1, 0.15) is 91.8 Å². The first kappa shape index (κ1) is 56.0. The van der Waals surface area contributed by atoms with Crippen LogP contribution in [0.15, 0.2) is 175 Å². The first-order valence-corrected chi connectivity index (χ1v) is 27.4. The van der Waals surface area contributed by atoms with E-state index in [0.29, 0.717) is 78.2 Å². The van der Waals surface area contributed by atoms with Crippen LogP contribution in [0.25, 0.3) is 21.6 Å². The van der Waals surface area contributed by atoms with Crippen molar-refractivity contribution < 1.29 is 28.5 Å². The van der Waals surface area contributed by atoms with Crippen molar-refractivity contribution >= 4 is 11.7 Å². The van der Waals surface area contributed by atoms with Crippen LogP contribution in [-0.4, -0.2) is 96.2 Å². The molecule has 408 valence electrons. The highest BCUT2D eigenvalue weighted by Gasteiger charge is 2.55. The van der Waals surface area contributed by atoms with Gasteiger partial charge in [-0.2, -0.15) is 0 Å². The highest BCUT2D eigenvalue weighted by atomic mass is 16.8. The Bertz CT molecular complexity index is 2860. The average molecular weight is 1060 g/mol. The third-order valence-electron chi connectivity index (χ3n) is 14.0.